The molecule has 0 aromatic heterocycles. The largest absolute Gasteiger partial charge is 0.493 e. The van der Waals surface area contributed by atoms with Crippen LogP contribution in [0.1, 0.15) is 24.4 Å². The van der Waals surface area contributed by atoms with E-state index in [4.69, 9.17) is 9.47 Å². The molecule has 134 valence electrons. The molecule has 0 amide bonds. The van der Waals surface area contributed by atoms with E-state index in [9.17, 15) is 4.21 Å². The number of benzene rings is 2. The summed E-state index contributed by atoms with van der Waals surface area (Å²) in [5, 5.41) is 0. The van der Waals surface area contributed by atoms with Gasteiger partial charge in [0.2, 0.25) is 0 Å². The van der Waals surface area contributed by atoms with Crippen molar-refractivity contribution in [2.24, 2.45) is 0 Å². The molecule has 1 heterocycles. The second-order valence-corrected chi connectivity index (χ2v) is 7.74. The molecule has 2 atom stereocenters. The summed E-state index contributed by atoms with van der Waals surface area (Å²) in [5.74, 6) is 2.18. The van der Waals surface area contributed by atoms with Gasteiger partial charge in [-0.3, -0.25) is 9.11 Å². The second kappa shape index (κ2) is 8.50. The third-order valence-electron chi connectivity index (χ3n) is 4.73. The zero-order chi connectivity index (χ0) is 17.6. The highest BCUT2D eigenvalue weighted by molar-refractivity contribution is 7.85. The van der Waals surface area contributed by atoms with Gasteiger partial charge in [0.15, 0.2) is 11.5 Å². The van der Waals surface area contributed by atoms with Crippen LogP contribution in [0.25, 0.3) is 0 Å². The molecule has 1 unspecified atom stereocenters. The van der Waals surface area contributed by atoms with Crippen molar-refractivity contribution in [3.8, 4) is 11.5 Å². The number of hydrogen-bond donors (Lipinski definition) is 0. The summed E-state index contributed by atoms with van der Waals surface area (Å²) in [6, 6.07) is 16.2. The molecule has 1 aliphatic rings. The molecule has 1 saturated heterocycles. The van der Waals surface area contributed by atoms with Crippen LogP contribution < -0.4 is 9.47 Å². The van der Waals surface area contributed by atoms with Crippen molar-refractivity contribution in [2.75, 3.05) is 33.1 Å². The molecule has 5 heteroatoms. The highest BCUT2D eigenvalue weighted by Gasteiger charge is 2.27. The number of methoxy groups -OCH3 is 2. The highest BCUT2D eigenvalue weighted by atomic mass is 32.2. The lowest BCUT2D eigenvalue weighted by atomic mass is 10.0. The molecule has 0 spiro atoms. The van der Waals surface area contributed by atoms with Gasteiger partial charge < -0.3 is 9.47 Å². The minimum Gasteiger partial charge on any atom is -0.493 e. The summed E-state index contributed by atoms with van der Waals surface area (Å²) < 4.78 is 23.2. The van der Waals surface area contributed by atoms with Gasteiger partial charge in [-0.15, -0.1) is 0 Å². The standard InChI is InChI=1S/C20H25NO3S/c1-23-19-11-10-16(15-20(19)24-2)18-9-6-12-21(18)13-14-25(22)17-7-4-3-5-8-17/h3-5,7-8,10-11,15,18H,6,9,12-14H2,1-2H3/t18-,25?/m1/s1. The van der Waals surface area contributed by atoms with E-state index in [1.165, 1.54) is 5.56 Å². The summed E-state index contributed by atoms with van der Waals surface area (Å²) in [7, 11) is 2.37. The maximum absolute atomic E-state index is 12.5. The predicted octanol–water partition coefficient (Wildman–Crippen LogP) is 3.65. The van der Waals surface area contributed by atoms with Gasteiger partial charge in [-0.25, -0.2) is 0 Å². The Balaban J connectivity index is 1.67. The number of nitrogens with zero attached hydrogens (tertiary/aromatic N) is 1. The molecular weight excluding hydrogens is 334 g/mol. The SMILES string of the molecule is COc1ccc([C@H]2CCCN2CCS(=O)c2ccccc2)cc1OC. The van der Waals surface area contributed by atoms with Gasteiger partial charge in [0.05, 0.1) is 25.0 Å². The quantitative estimate of drug-likeness (QED) is 0.756. The Labute approximate surface area is 152 Å². The minimum atomic E-state index is -0.948. The summed E-state index contributed by atoms with van der Waals surface area (Å²) in [5.41, 5.74) is 1.24. The van der Waals surface area contributed by atoms with E-state index in [2.05, 4.69) is 17.0 Å². The number of rotatable bonds is 7. The van der Waals surface area contributed by atoms with E-state index in [-0.39, 0.29) is 0 Å². The van der Waals surface area contributed by atoms with E-state index in [0.717, 1.165) is 42.3 Å². The molecule has 3 rings (SSSR count). The molecule has 0 bridgehead atoms. The van der Waals surface area contributed by atoms with E-state index >= 15 is 0 Å². The van der Waals surface area contributed by atoms with Gasteiger partial charge in [0.1, 0.15) is 0 Å². The first-order valence-electron chi connectivity index (χ1n) is 8.62. The molecule has 25 heavy (non-hydrogen) atoms. The smallest absolute Gasteiger partial charge is 0.161 e. The van der Waals surface area contributed by atoms with Crippen LogP contribution in [0, 0.1) is 0 Å². The lowest BCUT2D eigenvalue weighted by Crippen LogP contribution is -2.27. The number of likely N-dealkylation sites (tertiary alicyclic amines) is 1. The van der Waals surface area contributed by atoms with Crippen LogP contribution in [0.2, 0.25) is 0 Å². The Bertz CT molecular complexity index is 720. The zero-order valence-electron chi connectivity index (χ0n) is 14.8. The van der Waals surface area contributed by atoms with Crippen LogP contribution in [0.4, 0.5) is 0 Å². The molecule has 0 radical (unpaired) electrons. The van der Waals surface area contributed by atoms with Crippen molar-refractivity contribution < 1.29 is 13.7 Å². The van der Waals surface area contributed by atoms with Crippen molar-refractivity contribution >= 4 is 10.8 Å². The fourth-order valence-corrected chi connectivity index (χ4v) is 4.52. The van der Waals surface area contributed by atoms with Crippen LogP contribution in [0.15, 0.2) is 53.4 Å². The fourth-order valence-electron chi connectivity index (χ4n) is 3.42. The van der Waals surface area contributed by atoms with Gasteiger partial charge in [-0.05, 0) is 49.2 Å². The van der Waals surface area contributed by atoms with Gasteiger partial charge in [-0.2, -0.15) is 0 Å². The Kier molecular flexibility index (Phi) is 6.10. The Morgan fingerprint density at radius 1 is 1.08 bits per heavy atom. The van der Waals surface area contributed by atoms with Crippen molar-refractivity contribution in [2.45, 2.75) is 23.8 Å². The van der Waals surface area contributed by atoms with E-state index in [1.807, 2.05) is 36.4 Å². The third kappa shape index (κ3) is 4.22. The topological polar surface area (TPSA) is 38.8 Å². The zero-order valence-corrected chi connectivity index (χ0v) is 15.6. The maximum Gasteiger partial charge on any atom is 0.161 e. The number of ether oxygens (including phenoxy) is 2. The van der Waals surface area contributed by atoms with E-state index < -0.39 is 10.8 Å². The second-order valence-electron chi connectivity index (χ2n) is 6.17. The summed E-state index contributed by atoms with van der Waals surface area (Å²) in [6.07, 6.45) is 2.28. The highest BCUT2D eigenvalue weighted by Crippen LogP contribution is 2.36. The van der Waals surface area contributed by atoms with Gasteiger partial charge >= 0.3 is 0 Å². The predicted molar refractivity (Wildman–Crippen MR) is 101 cm³/mol. The average molecular weight is 359 g/mol. The maximum atomic E-state index is 12.5. The van der Waals surface area contributed by atoms with Crippen molar-refractivity contribution in [1.82, 2.24) is 4.90 Å². The Morgan fingerprint density at radius 3 is 2.56 bits per heavy atom. The van der Waals surface area contributed by atoms with Crippen LogP contribution >= 0.6 is 0 Å². The average Bonchev–Trinajstić information content (AvgIpc) is 3.14. The van der Waals surface area contributed by atoms with Crippen LogP contribution in [-0.4, -0.2) is 42.2 Å². The third-order valence-corrected chi connectivity index (χ3v) is 6.08. The van der Waals surface area contributed by atoms with Gasteiger partial charge in [0, 0.05) is 23.2 Å². The molecule has 1 fully saturated rings. The van der Waals surface area contributed by atoms with Gasteiger partial charge in [-0.1, -0.05) is 24.3 Å². The summed E-state index contributed by atoms with van der Waals surface area (Å²) >= 11 is 0. The lowest BCUT2D eigenvalue weighted by Gasteiger charge is -2.25. The van der Waals surface area contributed by atoms with Crippen LogP contribution in [0.3, 0.4) is 0 Å². The summed E-state index contributed by atoms with van der Waals surface area (Å²) in [6.45, 7) is 1.88. The molecule has 2 aromatic carbocycles. The van der Waals surface area contributed by atoms with Gasteiger partial charge in [0.25, 0.3) is 0 Å². The van der Waals surface area contributed by atoms with E-state index in [1.54, 1.807) is 14.2 Å². The molecule has 1 aliphatic heterocycles. The van der Waals surface area contributed by atoms with Crippen molar-refractivity contribution in [1.29, 1.82) is 0 Å². The minimum absolute atomic E-state index is 0.354. The fraction of sp³-hybridized carbons (Fsp3) is 0.400. The molecular formula is C20H25NO3S. The monoisotopic (exact) mass is 359 g/mol. The summed E-state index contributed by atoms with van der Waals surface area (Å²) in [4.78, 5) is 3.34. The van der Waals surface area contributed by atoms with Crippen molar-refractivity contribution in [3.63, 3.8) is 0 Å². The molecule has 0 N–H and O–H groups in total. The van der Waals surface area contributed by atoms with Crippen LogP contribution in [0.5, 0.6) is 11.5 Å². The normalized spacial score (nSPS) is 18.9. The molecule has 2 aromatic rings. The van der Waals surface area contributed by atoms with Crippen molar-refractivity contribution in [3.05, 3.63) is 54.1 Å². The first-order chi connectivity index (χ1) is 12.2. The number of hydrogen-bond acceptors (Lipinski definition) is 4. The van der Waals surface area contributed by atoms with Crippen LogP contribution in [-0.2, 0) is 10.8 Å². The lowest BCUT2D eigenvalue weighted by molar-refractivity contribution is 0.272. The molecule has 0 aliphatic carbocycles. The van der Waals surface area contributed by atoms with E-state index in [0.29, 0.717) is 11.8 Å². The Hall–Kier alpha value is -1.85. The first-order valence-corrected chi connectivity index (χ1v) is 9.94. The molecule has 4 nitrogen and oxygen atoms in total. The molecule has 0 saturated carbocycles. The first kappa shape index (κ1) is 18.0. The Morgan fingerprint density at radius 2 is 1.84 bits per heavy atom.